The lowest BCUT2D eigenvalue weighted by Gasteiger charge is -2.47. The molecule has 0 saturated carbocycles. The van der Waals surface area contributed by atoms with Gasteiger partial charge in [0.1, 0.15) is 12.3 Å². The van der Waals surface area contributed by atoms with Crippen LogP contribution in [0.15, 0.2) is 48.7 Å². The zero-order chi connectivity index (χ0) is 17.9. The number of aromatic nitrogens is 1. The van der Waals surface area contributed by atoms with Crippen LogP contribution in [0.1, 0.15) is 23.0 Å². The molecule has 3 rings (SSSR count). The van der Waals surface area contributed by atoms with Crippen molar-refractivity contribution in [1.29, 1.82) is 0 Å². The molecule has 0 radical (unpaired) electrons. The van der Waals surface area contributed by atoms with Gasteiger partial charge in [0.15, 0.2) is 0 Å². The van der Waals surface area contributed by atoms with Crippen LogP contribution in [0.5, 0.6) is 0 Å². The first-order valence-corrected chi connectivity index (χ1v) is 7.95. The Morgan fingerprint density at radius 1 is 1.28 bits per heavy atom. The van der Waals surface area contributed by atoms with E-state index in [2.05, 4.69) is 10.3 Å². The summed E-state index contributed by atoms with van der Waals surface area (Å²) in [7, 11) is 0. The van der Waals surface area contributed by atoms with Gasteiger partial charge in [-0.1, -0.05) is 30.3 Å². The third-order valence-electron chi connectivity index (χ3n) is 3.99. The molecule has 0 spiro atoms. The van der Waals surface area contributed by atoms with E-state index in [1.807, 2.05) is 37.3 Å². The van der Waals surface area contributed by atoms with Crippen molar-refractivity contribution in [2.75, 3.05) is 18.8 Å². The molecule has 1 aliphatic rings. The van der Waals surface area contributed by atoms with Gasteiger partial charge in [-0.2, -0.15) is 0 Å². The number of hydrogen-bond donors (Lipinski definition) is 2. The van der Waals surface area contributed by atoms with Crippen LogP contribution in [0.25, 0.3) is 0 Å². The quantitative estimate of drug-likeness (QED) is 0.884. The maximum Gasteiger partial charge on any atom is 0.408 e. The van der Waals surface area contributed by atoms with E-state index in [9.17, 15) is 9.59 Å². The second-order valence-electron chi connectivity index (χ2n) is 6.38. The highest BCUT2D eigenvalue weighted by Crippen LogP contribution is 2.22. The number of pyridine rings is 1. The van der Waals surface area contributed by atoms with E-state index in [1.165, 1.54) is 6.20 Å². The molecular formula is C18H20N4O3. The van der Waals surface area contributed by atoms with Crippen LogP contribution in [0.2, 0.25) is 0 Å². The lowest BCUT2D eigenvalue weighted by atomic mass is 9.92. The lowest BCUT2D eigenvalue weighted by molar-refractivity contribution is 0.0315. The monoisotopic (exact) mass is 340 g/mol. The number of ether oxygens (including phenoxy) is 1. The Morgan fingerprint density at radius 2 is 2.00 bits per heavy atom. The molecule has 7 nitrogen and oxygen atoms in total. The first-order chi connectivity index (χ1) is 12.0. The number of carbonyl (C=O) groups is 2. The number of hydrogen-bond acceptors (Lipinski definition) is 5. The van der Waals surface area contributed by atoms with Crippen molar-refractivity contribution >= 4 is 17.7 Å². The Bertz CT molecular complexity index is 773. The van der Waals surface area contributed by atoms with Crippen LogP contribution in [0.4, 0.5) is 10.5 Å². The first kappa shape index (κ1) is 16.8. The zero-order valence-electron chi connectivity index (χ0n) is 13.9. The molecule has 1 fully saturated rings. The fraction of sp³-hybridized carbons (Fsp3) is 0.278. The zero-order valence-corrected chi connectivity index (χ0v) is 13.9. The standard InChI is InChI=1S/C18H20N4O3/c1-18(21-17(24)25-10-13-5-3-2-4-6-13)11-22(12-18)16(23)15-9-14(19)7-8-20-15/h2-9H,10-12H2,1H3,(H2,19,20)(H,21,24). The van der Waals surface area contributed by atoms with E-state index in [4.69, 9.17) is 10.5 Å². The number of likely N-dealkylation sites (tertiary alicyclic amines) is 1. The molecular weight excluding hydrogens is 320 g/mol. The predicted octanol–water partition coefficient (Wildman–Crippen LogP) is 1.80. The Balaban J connectivity index is 1.48. The summed E-state index contributed by atoms with van der Waals surface area (Å²) in [5.41, 5.74) is 6.87. The molecule has 2 amide bonds. The molecule has 1 aliphatic heterocycles. The summed E-state index contributed by atoms with van der Waals surface area (Å²) >= 11 is 0. The van der Waals surface area contributed by atoms with Gasteiger partial charge < -0.3 is 20.7 Å². The molecule has 2 heterocycles. The molecule has 7 heteroatoms. The third kappa shape index (κ3) is 4.06. The summed E-state index contributed by atoms with van der Waals surface area (Å²) in [4.78, 5) is 29.9. The van der Waals surface area contributed by atoms with Crippen molar-refractivity contribution in [2.45, 2.75) is 19.1 Å². The molecule has 0 aliphatic carbocycles. The minimum Gasteiger partial charge on any atom is -0.445 e. The molecule has 1 aromatic heterocycles. The highest BCUT2D eigenvalue weighted by Gasteiger charge is 2.43. The molecule has 2 aromatic rings. The van der Waals surface area contributed by atoms with Gasteiger partial charge in [-0.15, -0.1) is 0 Å². The molecule has 0 atom stereocenters. The van der Waals surface area contributed by atoms with E-state index in [1.54, 1.807) is 17.0 Å². The summed E-state index contributed by atoms with van der Waals surface area (Å²) < 4.78 is 5.21. The maximum absolute atomic E-state index is 12.3. The number of anilines is 1. The van der Waals surface area contributed by atoms with Crippen molar-refractivity contribution in [3.63, 3.8) is 0 Å². The minimum absolute atomic E-state index is 0.204. The third-order valence-corrected chi connectivity index (χ3v) is 3.99. The van der Waals surface area contributed by atoms with Crippen molar-refractivity contribution < 1.29 is 14.3 Å². The molecule has 3 N–H and O–H groups in total. The summed E-state index contributed by atoms with van der Waals surface area (Å²) in [6, 6.07) is 12.6. The highest BCUT2D eigenvalue weighted by molar-refractivity contribution is 5.94. The summed E-state index contributed by atoms with van der Waals surface area (Å²) in [5, 5.41) is 2.81. The van der Waals surface area contributed by atoms with Gasteiger partial charge in [-0.05, 0) is 24.6 Å². The second-order valence-corrected chi connectivity index (χ2v) is 6.38. The van der Waals surface area contributed by atoms with Gasteiger partial charge >= 0.3 is 6.09 Å². The van der Waals surface area contributed by atoms with Crippen LogP contribution < -0.4 is 11.1 Å². The van der Waals surface area contributed by atoms with E-state index >= 15 is 0 Å². The predicted molar refractivity (Wildman–Crippen MR) is 92.7 cm³/mol. The average Bonchev–Trinajstić information content (AvgIpc) is 2.58. The largest absolute Gasteiger partial charge is 0.445 e. The summed E-state index contributed by atoms with van der Waals surface area (Å²) in [6.45, 7) is 2.86. The molecule has 130 valence electrons. The maximum atomic E-state index is 12.3. The van der Waals surface area contributed by atoms with Crippen LogP contribution in [0.3, 0.4) is 0 Å². The fourth-order valence-corrected chi connectivity index (χ4v) is 2.75. The fourth-order valence-electron chi connectivity index (χ4n) is 2.75. The number of nitrogens with one attached hydrogen (secondary N) is 1. The van der Waals surface area contributed by atoms with Crippen molar-refractivity contribution in [3.05, 3.63) is 59.9 Å². The van der Waals surface area contributed by atoms with Gasteiger partial charge in [0.2, 0.25) is 0 Å². The van der Waals surface area contributed by atoms with Crippen LogP contribution in [-0.4, -0.2) is 40.5 Å². The second kappa shape index (κ2) is 6.80. The highest BCUT2D eigenvalue weighted by atomic mass is 16.5. The number of nitrogens with zero attached hydrogens (tertiary/aromatic N) is 2. The van der Waals surface area contributed by atoms with Crippen LogP contribution in [0, 0.1) is 0 Å². The molecule has 1 saturated heterocycles. The molecule has 0 bridgehead atoms. The molecule has 1 aromatic carbocycles. The normalized spacial score (nSPS) is 15.2. The summed E-state index contributed by atoms with van der Waals surface area (Å²) in [6.07, 6.45) is 1.00. The Labute approximate surface area is 145 Å². The smallest absolute Gasteiger partial charge is 0.408 e. The number of amides is 2. The average molecular weight is 340 g/mol. The number of carbonyl (C=O) groups excluding carboxylic acids is 2. The summed E-state index contributed by atoms with van der Waals surface area (Å²) in [5.74, 6) is -0.204. The van der Waals surface area contributed by atoms with Gasteiger partial charge in [-0.25, -0.2) is 4.79 Å². The molecule has 0 unspecified atom stereocenters. The Kier molecular flexibility index (Phi) is 4.56. The Hall–Kier alpha value is -3.09. The van der Waals surface area contributed by atoms with Crippen LogP contribution in [-0.2, 0) is 11.3 Å². The van der Waals surface area contributed by atoms with Gasteiger partial charge in [-0.3, -0.25) is 9.78 Å². The number of rotatable bonds is 4. The van der Waals surface area contributed by atoms with Gasteiger partial charge in [0.05, 0.1) is 5.54 Å². The van der Waals surface area contributed by atoms with Crippen LogP contribution >= 0.6 is 0 Å². The number of alkyl carbamates (subject to hydrolysis) is 1. The molecule has 25 heavy (non-hydrogen) atoms. The Morgan fingerprint density at radius 3 is 2.68 bits per heavy atom. The SMILES string of the molecule is CC1(NC(=O)OCc2ccccc2)CN(C(=O)c2cc(N)ccn2)C1. The number of nitrogens with two attached hydrogens (primary N) is 1. The topological polar surface area (TPSA) is 97.5 Å². The van der Waals surface area contributed by atoms with Gasteiger partial charge in [0, 0.05) is 25.0 Å². The van der Waals surface area contributed by atoms with E-state index in [-0.39, 0.29) is 12.5 Å². The van der Waals surface area contributed by atoms with E-state index < -0.39 is 11.6 Å². The number of benzene rings is 1. The van der Waals surface area contributed by atoms with Crippen molar-refractivity contribution in [1.82, 2.24) is 15.2 Å². The van der Waals surface area contributed by atoms with E-state index in [0.29, 0.717) is 24.5 Å². The van der Waals surface area contributed by atoms with Crippen molar-refractivity contribution in [3.8, 4) is 0 Å². The minimum atomic E-state index is -0.510. The van der Waals surface area contributed by atoms with Crippen molar-refractivity contribution in [2.24, 2.45) is 0 Å². The first-order valence-electron chi connectivity index (χ1n) is 7.95. The van der Waals surface area contributed by atoms with Gasteiger partial charge in [0.25, 0.3) is 5.91 Å². The lowest BCUT2D eigenvalue weighted by Crippen LogP contribution is -2.69. The van der Waals surface area contributed by atoms with E-state index in [0.717, 1.165) is 5.56 Å². The number of nitrogen functional groups attached to an aromatic ring is 1.